The first-order chi connectivity index (χ1) is 12.9. The van der Waals surface area contributed by atoms with Gasteiger partial charge in [-0.15, -0.1) is 0 Å². The zero-order valence-corrected chi connectivity index (χ0v) is 15.6. The Morgan fingerprint density at radius 1 is 1.04 bits per heavy atom. The standard InChI is InChI=1S/C20H22F2N2O2S/c21-19-7-6-17(14-20(19)22)15-24-11-8-18(9-12-24)23-27(25,26)13-10-16-4-2-1-3-5-16/h1-7,10,13-14,18,23H,8-9,11-12,15H2/b13-10+. The summed E-state index contributed by atoms with van der Waals surface area (Å²) in [5.41, 5.74) is 1.53. The van der Waals surface area contributed by atoms with Crippen LogP contribution in [0, 0.1) is 11.6 Å². The van der Waals surface area contributed by atoms with E-state index in [1.54, 1.807) is 12.1 Å². The lowest BCUT2D eigenvalue weighted by Crippen LogP contribution is -2.43. The van der Waals surface area contributed by atoms with Crippen LogP contribution in [0.15, 0.2) is 53.9 Å². The average molecular weight is 392 g/mol. The van der Waals surface area contributed by atoms with E-state index in [1.165, 1.54) is 11.5 Å². The van der Waals surface area contributed by atoms with Crippen LogP contribution in [0.25, 0.3) is 6.08 Å². The molecule has 4 nitrogen and oxygen atoms in total. The fourth-order valence-electron chi connectivity index (χ4n) is 3.11. The van der Waals surface area contributed by atoms with Crippen molar-refractivity contribution in [2.75, 3.05) is 13.1 Å². The molecule has 7 heteroatoms. The minimum Gasteiger partial charge on any atom is -0.299 e. The van der Waals surface area contributed by atoms with Crippen LogP contribution in [0.3, 0.4) is 0 Å². The summed E-state index contributed by atoms with van der Waals surface area (Å²) in [6.45, 7) is 1.90. The number of nitrogens with one attached hydrogen (secondary N) is 1. The smallest absolute Gasteiger partial charge is 0.233 e. The highest BCUT2D eigenvalue weighted by atomic mass is 32.2. The summed E-state index contributed by atoms with van der Waals surface area (Å²) in [6.07, 6.45) is 2.91. The number of sulfonamides is 1. The van der Waals surface area contributed by atoms with E-state index in [0.29, 0.717) is 38.0 Å². The van der Waals surface area contributed by atoms with Crippen LogP contribution in [0.5, 0.6) is 0 Å². The van der Waals surface area contributed by atoms with Gasteiger partial charge in [-0.1, -0.05) is 36.4 Å². The number of rotatable bonds is 6. The Bertz CT molecular complexity index is 893. The quantitative estimate of drug-likeness (QED) is 0.818. The van der Waals surface area contributed by atoms with Gasteiger partial charge in [-0.2, -0.15) is 0 Å². The van der Waals surface area contributed by atoms with Crippen molar-refractivity contribution in [3.8, 4) is 0 Å². The van der Waals surface area contributed by atoms with Crippen LogP contribution in [0.2, 0.25) is 0 Å². The summed E-state index contributed by atoms with van der Waals surface area (Å²) in [5, 5.41) is 1.19. The Kier molecular flexibility index (Phi) is 6.36. The molecule has 0 unspecified atom stereocenters. The number of halogens is 2. The van der Waals surface area contributed by atoms with Gasteiger partial charge in [-0.25, -0.2) is 21.9 Å². The van der Waals surface area contributed by atoms with Crippen LogP contribution >= 0.6 is 0 Å². The van der Waals surface area contributed by atoms with E-state index >= 15 is 0 Å². The van der Waals surface area contributed by atoms with Crippen LogP contribution in [0.1, 0.15) is 24.0 Å². The molecule has 0 spiro atoms. The molecule has 27 heavy (non-hydrogen) atoms. The highest BCUT2D eigenvalue weighted by molar-refractivity contribution is 7.92. The molecule has 1 N–H and O–H groups in total. The molecule has 144 valence electrons. The maximum absolute atomic E-state index is 13.3. The minimum absolute atomic E-state index is 0.128. The van der Waals surface area contributed by atoms with Gasteiger partial charge in [-0.05, 0) is 42.2 Å². The van der Waals surface area contributed by atoms with Crippen molar-refractivity contribution in [3.05, 3.63) is 76.7 Å². The van der Waals surface area contributed by atoms with Crippen LogP contribution < -0.4 is 4.72 Å². The lowest BCUT2D eigenvalue weighted by Gasteiger charge is -2.32. The second-order valence-electron chi connectivity index (χ2n) is 6.68. The van der Waals surface area contributed by atoms with Crippen molar-refractivity contribution in [1.82, 2.24) is 9.62 Å². The molecular formula is C20H22F2N2O2S. The molecule has 1 aliphatic heterocycles. The number of hydrogen-bond donors (Lipinski definition) is 1. The first-order valence-electron chi connectivity index (χ1n) is 8.83. The van der Waals surface area contributed by atoms with Gasteiger partial charge in [0.1, 0.15) is 0 Å². The molecule has 2 aromatic carbocycles. The van der Waals surface area contributed by atoms with E-state index in [0.717, 1.165) is 11.6 Å². The SMILES string of the molecule is O=S(=O)(/C=C/c1ccccc1)NC1CCN(Cc2ccc(F)c(F)c2)CC1. The molecule has 1 aliphatic rings. The molecule has 1 heterocycles. The third kappa shape index (κ3) is 5.95. The van der Waals surface area contributed by atoms with E-state index in [9.17, 15) is 17.2 Å². The number of hydrogen-bond acceptors (Lipinski definition) is 3. The van der Waals surface area contributed by atoms with Gasteiger partial charge in [0, 0.05) is 31.1 Å². The van der Waals surface area contributed by atoms with Gasteiger partial charge in [0.2, 0.25) is 10.0 Å². The number of nitrogens with zero attached hydrogens (tertiary/aromatic N) is 1. The number of likely N-dealkylation sites (tertiary alicyclic amines) is 1. The Morgan fingerprint density at radius 2 is 1.74 bits per heavy atom. The van der Waals surface area contributed by atoms with Gasteiger partial charge >= 0.3 is 0 Å². The molecule has 0 amide bonds. The summed E-state index contributed by atoms with van der Waals surface area (Å²) < 4.78 is 53.5. The highest BCUT2D eigenvalue weighted by Gasteiger charge is 2.22. The first kappa shape index (κ1) is 19.7. The molecule has 1 saturated heterocycles. The molecule has 2 aromatic rings. The van der Waals surface area contributed by atoms with Crippen LogP contribution in [-0.4, -0.2) is 32.4 Å². The zero-order valence-electron chi connectivity index (χ0n) is 14.8. The highest BCUT2D eigenvalue weighted by Crippen LogP contribution is 2.16. The van der Waals surface area contributed by atoms with E-state index in [-0.39, 0.29) is 6.04 Å². The molecule has 0 aromatic heterocycles. The third-order valence-electron chi connectivity index (χ3n) is 4.55. The van der Waals surface area contributed by atoms with Crippen molar-refractivity contribution in [1.29, 1.82) is 0 Å². The molecule has 0 radical (unpaired) electrons. The lowest BCUT2D eigenvalue weighted by molar-refractivity contribution is 0.200. The number of piperidine rings is 1. The van der Waals surface area contributed by atoms with E-state index in [1.807, 2.05) is 30.3 Å². The molecule has 0 saturated carbocycles. The maximum Gasteiger partial charge on any atom is 0.233 e. The average Bonchev–Trinajstić information content (AvgIpc) is 2.65. The second-order valence-corrected chi connectivity index (χ2v) is 8.27. The Hall–Kier alpha value is -2.09. The van der Waals surface area contributed by atoms with Gasteiger partial charge in [-0.3, -0.25) is 4.90 Å². The second kappa shape index (κ2) is 8.73. The molecular weight excluding hydrogens is 370 g/mol. The van der Waals surface area contributed by atoms with Gasteiger partial charge in [0.05, 0.1) is 0 Å². The predicted octanol–water partition coefficient (Wildman–Crippen LogP) is 3.52. The van der Waals surface area contributed by atoms with Crippen LogP contribution in [-0.2, 0) is 16.6 Å². The largest absolute Gasteiger partial charge is 0.299 e. The van der Waals surface area contributed by atoms with E-state index in [2.05, 4.69) is 9.62 Å². The lowest BCUT2D eigenvalue weighted by atomic mass is 10.1. The van der Waals surface area contributed by atoms with Crippen LogP contribution in [0.4, 0.5) is 8.78 Å². The van der Waals surface area contributed by atoms with Gasteiger partial charge in [0.25, 0.3) is 0 Å². The summed E-state index contributed by atoms with van der Waals surface area (Å²) in [5.74, 6) is -1.70. The van der Waals surface area contributed by atoms with Crippen molar-refractivity contribution >= 4 is 16.1 Å². The molecule has 0 atom stereocenters. The summed E-state index contributed by atoms with van der Waals surface area (Å²) in [6, 6.07) is 13.0. The minimum atomic E-state index is -3.51. The van der Waals surface area contributed by atoms with Crippen molar-refractivity contribution < 1.29 is 17.2 Å². The van der Waals surface area contributed by atoms with Crippen molar-refractivity contribution in [2.45, 2.75) is 25.4 Å². The Morgan fingerprint density at radius 3 is 2.41 bits per heavy atom. The third-order valence-corrected chi connectivity index (χ3v) is 5.70. The molecule has 3 rings (SSSR count). The van der Waals surface area contributed by atoms with Crippen molar-refractivity contribution in [3.63, 3.8) is 0 Å². The normalized spacial score (nSPS) is 16.8. The Balaban J connectivity index is 1.50. The molecule has 1 fully saturated rings. The number of benzene rings is 2. The monoisotopic (exact) mass is 392 g/mol. The predicted molar refractivity (Wildman–Crippen MR) is 102 cm³/mol. The van der Waals surface area contributed by atoms with Crippen molar-refractivity contribution in [2.24, 2.45) is 0 Å². The summed E-state index contributed by atoms with van der Waals surface area (Å²) in [4.78, 5) is 2.11. The Labute approximate surface area is 158 Å². The molecule has 0 bridgehead atoms. The fraction of sp³-hybridized carbons (Fsp3) is 0.300. The van der Waals surface area contributed by atoms with Gasteiger partial charge in [0.15, 0.2) is 11.6 Å². The van der Waals surface area contributed by atoms with Gasteiger partial charge < -0.3 is 0 Å². The fourth-order valence-corrected chi connectivity index (χ4v) is 4.22. The first-order valence-corrected chi connectivity index (χ1v) is 10.4. The molecule has 0 aliphatic carbocycles. The van der Waals surface area contributed by atoms with E-state index < -0.39 is 21.7 Å². The maximum atomic E-state index is 13.3. The zero-order chi connectivity index (χ0) is 19.3. The summed E-state index contributed by atoms with van der Waals surface area (Å²) in [7, 11) is -3.51. The van der Waals surface area contributed by atoms with E-state index in [4.69, 9.17) is 0 Å². The topological polar surface area (TPSA) is 49.4 Å². The summed E-state index contributed by atoms with van der Waals surface area (Å²) >= 11 is 0.